The Morgan fingerprint density at radius 1 is 1.18 bits per heavy atom. The van der Waals surface area contributed by atoms with E-state index in [1.807, 2.05) is 38.1 Å². The molecule has 0 spiro atoms. The second-order valence-corrected chi connectivity index (χ2v) is 5.21. The predicted molar refractivity (Wildman–Crippen MR) is 87.3 cm³/mol. The first-order valence-electron chi connectivity index (χ1n) is 7.42. The number of hydrogen-bond acceptors (Lipinski definition) is 2. The Morgan fingerprint density at radius 2 is 1.91 bits per heavy atom. The van der Waals surface area contributed by atoms with E-state index in [2.05, 4.69) is 5.32 Å². The molecule has 2 aromatic rings. The summed E-state index contributed by atoms with van der Waals surface area (Å²) in [6.45, 7) is 5.38. The molecule has 0 atom stereocenters. The van der Waals surface area contributed by atoms with E-state index in [9.17, 15) is 9.18 Å². The molecule has 22 heavy (non-hydrogen) atoms. The van der Waals surface area contributed by atoms with Crippen molar-refractivity contribution in [2.24, 2.45) is 0 Å². The fourth-order valence-electron chi connectivity index (χ4n) is 2.31. The molecule has 3 nitrogen and oxygen atoms in total. The van der Waals surface area contributed by atoms with Gasteiger partial charge in [0, 0.05) is 18.8 Å². The van der Waals surface area contributed by atoms with E-state index in [1.54, 1.807) is 17.0 Å². The van der Waals surface area contributed by atoms with Crippen LogP contribution in [-0.2, 0) is 11.3 Å². The Morgan fingerprint density at radius 3 is 2.55 bits per heavy atom. The van der Waals surface area contributed by atoms with Crippen molar-refractivity contribution in [1.29, 1.82) is 0 Å². The smallest absolute Gasteiger partial charge is 0.240 e. The fourth-order valence-corrected chi connectivity index (χ4v) is 2.31. The number of aryl methyl sites for hydroxylation is 1. The molecule has 0 aliphatic carbocycles. The van der Waals surface area contributed by atoms with E-state index in [-0.39, 0.29) is 18.3 Å². The van der Waals surface area contributed by atoms with Crippen LogP contribution in [0.25, 0.3) is 0 Å². The molecule has 1 amide bonds. The van der Waals surface area contributed by atoms with Gasteiger partial charge in [0.15, 0.2) is 0 Å². The molecule has 0 fully saturated rings. The van der Waals surface area contributed by atoms with Gasteiger partial charge in [-0.05, 0) is 49.2 Å². The molecule has 2 aromatic carbocycles. The van der Waals surface area contributed by atoms with Gasteiger partial charge in [0.25, 0.3) is 0 Å². The van der Waals surface area contributed by atoms with Gasteiger partial charge in [0.05, 0.1) is 6.54 Å². The van der Waals surface area contributed by atoms with Gasteiger partial charge in [-0.3, -0.25) is 4.79 Å². The number of nitrogens with one attached hydrogen (secondary N) is 1. The maximum absolute atomic E-state index is 12.8. The molecule has 4 heteroatoms. The van der Waals surface area contributed by atoms with Crippen LogP contribution in [0.15, 0.2) is 48.5 Å². The molecular formula is C18H21FN2O. The maximum Gasteiger partial charge on any atom is 0.240 e. The Balaban J connectivity index is 1.91. The summed E-state index contributed by atoms with van der Waals surface area (Å²) in [5.41, 5.74) is 2.99. The summed E-state index contributed by atoms with van der Waals surface area (Å²) in [5.74, 6) is -0.230. The van der Waals surface area contributed by atoms with Gasteiger partial charge in [-0.15, -0.1) is 0 Å². The summed E-state index contributed by atoms with van der Waals surface area (Å²) in [4.78, 5) is 14.1. The number of amides is 1. The standard InChI is InChI=1S/C18H21FN2O/c1-3-21(17-6-4-5-14(2)11-17)18(22)13-20-12-15-7-9-16(19)10-8-15/h4-11,20H,3,12-13H2,1-2H3. The van der Waals surface area contributed by atoms with Crippen LogP contribution in [0.3, 0.4) is 0 Å². The zero-order valence-electron chi connectivity index (χ0n) is 13.0. The fraction of sp³-hybridized carbons (Fsp3) is 0.278. The van der Waals surface area contributed by atoms with Crippen molar-refractivity contribution in [3.63, 3.8) is 0 Å². The number of benzene rings is 2. The first-order valence-corrected chi connectivity index (χ1v) is 7.42. The van der Waals surface area contributed by atoms with Crippen molar-refractivity contribution < 1.29 is 9.18 Å². The number of anilines is 1. The highest BCUT2D eigenvalue weighted by atomic mass is 19.1. The number of carbonyl (C=O) groups is 1. The third-order valence-electron chi connectivity index (χ3n) is 3.45. The van der Waals surface area contributed by atoms with Crippen molar-refractivity contribution >= 4 is 11.6 Å². The first-order chi connectivity index (χ1) is 10.6. The van der Waals surface area contributed by atoms with Gasteiger partial charge in [-0.1, -0.05) is 24.3 Å². The van der Waals surface area contributed by atoms with Gasteiger partial charge in [-0.25, -0.2) is 4.39 Å². The van der Waals surface area contributed by atoms with Crippen LogP contribution in [0.5, 0.6) is 0 Å². The normalized spacial score (nSPS) is 10.5. The number of hydrogen-bond donors (Lipinski definition) is 1. The minimum absolute atomic E-state index is 0.0233. The third kappa shape index (κ3) is 4.40. The lowest BCUT2D eigenvalue weighted by Crippen LogP contribution is -2.38. The van der Waals surface area contributed by atoms with Crippen molar-refractivity contribution in [1.82, 2.24) is 5.32 Å². The van der Waals surface area contributed by atoms with Gasteiger partial charge in [0.1, 0.15) is 5.82 Å². The van der Waals surface area contributed by atoms with Crippen LogP contribution in [0, 0.1) is 12.7 Å². The molecular weight excluding hydrogens is 279 g/mol. The molecule has 0 heterocycles. The summed E-state index contributed by atoms with van der Waals surface area (Å²) in [5, 5.41) is 3.11. The van der Waals surface area contributed by atoms with Crippen molar-refractivity contribution in [2.75, 3.05) is 18.0 Å². The van der Waals surface area contributed by atoms with Crippen LogP contribution in [0.2, 0.25) is 0 Å². The Labute approximate surface area is 130 Å². The van der Waals surface area contributed by atoms with Crippen molar-refractivity contribution in [3.05, 3.63) is 65.5 Å². The van der Waals surface area contributed by atoms with E-state index in [4.69, 9.17) is 0 Å². The minimum Gasteiger partial charge on any atom is -0.312 e. The summed E-state index contributed by atoms with van der Waals surface area (Å²) >= 11 is 0. The molecule has 0 radical (unpaired) electrons. The largest absolute Gasteiger partial charge is 0.312 e. The second kappa shape index (κ2) is 7.71. The lowest BCUT2D eigenvalue weighted by atomic mass is 10.2. The van der Waals surface area contributed by atoms with Crippen molar-refractivity contribution in [3.8, 4) is 0 Å². The quantitative estimate of drug-likeness (QED) is 0.888. The highest BCUT2D eigenvalue weighted by Gasteiger charge is 2.13. The lowest BCUT2D eigenvalue weighted by molar-refractivity contribution is -0.117. The average Bonchev–Trinajstić information content (AvgIpc) is 2.50. The molecule has 2 rings (SSSR count). The van der Waals surface area contributed by atoms with Crippen LogP contribution >= 0.6 is 0 Å². The van der Waals surface area contributed by atoms with Gasteiger partial charge in [0.2, 0.25) is 5.91 Å². The number of likely N-dealkylation sites (N-methyl/N-ethyl adjacent to an activating group) is 1. The van der Waals surface area contributed by atoms with Crippen LogP contribution in [-0.4, -0.2) is 19.0 Å². The summed E-state index contributed by atoms with van der Waals surface area (Å²) < 4.78 is 12.8. The minimum atomic E-state index is -0.253. The number of nitrogens with zero attached hydrogens (tertiary/aromatic N) is 1. The van der Waals surface area contributed by atoms with E-state index in [0.717, 1.165) is 16.8 Å². The molecule has 0 unspecified atom stereocenters. The summed E-state index contributed by atoms with van der Waals surface area (Å²) in [6.07, 6.45) is 0. The molecule has 0 aliphatic heterocycles. The summed E-state index contributed by atoms with van der Waals surface area (Å²) in [6, 6.07) is 14.2. The number of halogens is 1. The molecule has 0 saturated heterocycles. The zero-order chi connectivity index (χ0) is 15.9. The highest BCUT2D eigenvalue weighted by molar-refractivity contribution is 5.94. The Hall–Kier alpha value is -2.20. The van der Waals surface area contributed by atoms with Crippen LogP contribution in [0.1, 0.15) is 18.1 Å². The van der Waals surface area contributed by atoms with Gasteiger partial charge >= 0.3 is 0 Å². The molecule has 0 saturated carbocycles. The Bertz CT molecular complexity index is 625. The highest BCUT2D eigenvalue weighted by Crippen LogP contribution is 2.15. The van der Waals surface area contributed by atoms with Crippen LogP contribution < -0.4 is 10.2 Å². The third-order valence-corrected chi connectivity index (χ3v) is 3.45. The molecule has 0 bridgehead atoms. The van der Waals surface area contributed by atoms with Crippen LogP contribution in [0.4, 0.5) is 10.1 Å². The van der Waals surface area contributed by atoms with E-state index >= 15 is 0 Å². The van der Waals surface area contributed by atoms with E-state index < -0.39 is 0 Å². The Kier molecular flexibility index (Phi) is 5.67. The maximum atomic E-state index is 12.8. The van der Waals surface area contributed by atoms with E-state index in [1.165, 1.54) is 12.1 Å². The second-order valence-electron chi connectivity index (χ2n) is 5.21. The molecule has 1 N–H and O–H groups in total. The SMILES string of the molecule is CCN(C(=O)CNCc1ccc(F)cc1)c1cccc(C)c1. The first kappa shape index (κ1) is 16.2. The zero-order valence-corrected chi connectivity index (χ0v) is 13.0. The monoisotopic (exact) mass is 300 g/mol. The predicted octanol–water partition coefficient (Wildman–Crippen LogP) is 3.28. The average molecular weight is 300 g/mol. The van der Waals surface area contributed by atoms with E-state index in [0.29, 0.717) is 13.1 Å². The number of rotatable bonds is 6. The molecule has 0 aliphatic rings. The molecule has 0 aromatic heterocycles. The lowest BCUT2D eigenvalue weighted by Gasteiger charge is -2.21. The van der Waals surface area contributed by atoms with Gasteiger partial charge in [-0.2, -0.15) is 0 Å². The summed E-state index contributed by atoms with van der Waals surface area (Å²) in [7, 11) is 0. The van der Waals surface area contributed by atoms with Crippen molar-refractivity contribution in [2.45, 2.75) is 20.4 Å². The van der Waals surface area contributed by atoms with Gasteiger partial charge < -0.3 is 10.2 Å². The molecule has 116 valence electrons. The number of carbonyl (C=O) groups excluding carboxylic acids is 1. The topological polar surface area (TPSA) is 32.3 Å².